The van der Waals surface area contributed by atoms with Crippen LogP contribution in [0.2, 0.25) is 0 Å². The molecule has 1 aliphatic heterocycles. The summed E-state index contributed by atoms with van der Waals surface area (Å²) in [5.74, 6) is 2.70. The average molecular weight is 450 g/mol. The van der Waals surface area contributed by atoms with Crippen molar-refractivity contribution >= 4 is 10.0 Å². The molecule has 0 amide bonds. The van der Waals surface area contributed by atoms with Crippen LogP contribution in [0, 0.1) is 0 Å². The Kier molecular flexibility index (Phi) is 7.33. The maximum atomic E-state index is 12.3. The molecule has 0 spiro atoms. The third-order valence-corrected chi connectivity index (χ3v) is 6.52. The van der Waals surface area contributed by atoms with Gasteiger partial charge in [0, 0.05) is 18.5 Å². The fraction of sp³-hybridized carbons (Fsp3) is 0.478. The second-order valence-electron chi connectivity index (χ2n) is 8.14. The van der Waals surface area contributed by atoms with Gasteiger partial charge in [0.15, 0.2) is 23.0 Å². The highest BCUT2D eigenvalue weighted by molar-refractivity contribution is 7.89. The quantitative estimate of drug-likeness (QED) is 0.530. The van der Waals surface area contributed by atoms with Crippen LogP contribution in [0.25, 0.3) is 0 Å². The van der Waals surface area contributed by atoms with Gasteiger partial charge in [-0.05, 0) is 50.5 Å². The lowest BCUT2D eigenvalue weighted by atomic mass is 10.0. The summed E-state index contributed by atoms with van der Waals surface area (Å²) in [5.41, 5.74) is 1.83. The van der Waals surface area contributed by atoms with Gasteiger partial charge >= 0.3 is 0 Å². The van der Waals surface area contributed by atoms with Crippen LogP contribution in [0.4, 0.5) is 0 Å². The van der Waals surface area contributed by atoms with Crippen LogP contribution in [-0.4, -0.2) is 47.1 Å². The first-order valence-corrected chi connectivity index (χ1v) is 12.0. The largest absolute Gasteiger partial charge is 0.493 e. The number of para-hydroxylation sites is 1. The molecule has 170 valence electrons. The number of methoxy groups -OCH3 is 2. The van der Waals surface area contributed by atoms with Crippen molar-refractivity contribution in [1.29, 1.82) is 0 Å². The molecule has 0 aromatic heterocycles. The molecule has 1 aliphatic rings. The number of benzene rings is 2. The van der Waals surface area contributed by atoms with E-state index in [1.165, 1.54) is 0 Å². The Morgan fingerprint density at radius 1 is 1.06 bits per heavy atom. The molecule has 31 heavy (non-hydrogen) atoms. The van der Waals surface area contributed by atoms with Crippen molar-refractivity contribution in [1.82, 2.24) is 4.72 Å². The minimum atomic E-state index is -3.38. The molecule has 0 atom stereocenters. The lowest BCUT2D eigenvalue weighted by molar-refractivity contribution is 0.132. The summed E-state index contributed by atoms with van der Waals surface area (Å²) in [5, 5.41) is 0. The Balaban J connectivity index is 1.43. The van der Waals surface area contributed by atoms with E-state index < -0.39 is 10.0 Å². The number of hydrogen-bond acceptors (Lipinski definition) is 6. The van der Waals surface area contributed by atoms with Crippen molar-refractivity contribution in [3.05, 3.63) is 47.5 Å². The first-order chi connectivity index (χ1) is 14.7. The van der Waals surface area contributed by atoms with Crippen LogP contribution >= 0.6 is 0 Å². The average Bonchev–Trinajstić information content (AvgIpc) is 3.05. The van der Waals surface area contributed by atoms with Crippen LogP contribution in [0.1, 0.15) is 31.4 Å². The third kappa shape index (κ3) is 6.27. The van der Waals surface area contributed by atoms with Crippen molar-refractivity contribution in [2.75, 3.05) is 33.1 Å². The minimum Gasteiger partial charge on any atom is -0.493 e. The highest BCUT2D eigenvalue weighted by Gasteiger charge is 2.32. The van der Waals surface area contributed by atoms with E-state index in [2.05, 4.69) is 4.72 Å². The molecule has 0 saturated carbocycles. The molecule has 2 aromatic rings. The zero-order valence-electron chi connectivity index (χ0n) is 18.6. The molecule has 0 bridgehead atoms. The molecule has 0 aliphatic carbocycles. The summed E-state index contributed by atoms with van der Waals surface area (Å²) in [6.45, 7) is 4.69. The molecular weight excluding hydrogens is 418 g/mol. The van der Waals surface area contributed by atoms with Gasteiger partial charge in [0.1, 0.15) is 5.60 Å². The van der Waals surface area contributed by atoms with E-state index in [9.17, 15) is 8.42 Å². The van der Waals surface area contributed by atoms with E-state index in [-0.39, 0.29) is 11.4 Å². The summed E-state index contributed by atoms with van der Waals surface area (Å²) in [7, 11) is -0.232. The fourth-order valence-electron chi connectivity index (χ4n) is 3.59. The highest BCUT2D eigenvalue weighted by Crippen LogP contribution is 2.41. The van der Waals surface area contributed by atoms with Gasteiger partial charge in [-0.15, -0.1) is 0 Å². The summed E-state index contributed by atoms with van der Waals surface area (Å²) in [6, 6.07) is 11.4. The van der Waals surface area contributed by atoms with Crippen LogP contribution < -0.4 is 23.7 Å². The second kappa shape index (κ2) is 9.78. The summed E-state index contributed by atoms with van der Waals surface area (Å²) < 4.78 is 49.5. The van der Waals surface area contributed by atoms with Crippen molar-refractivity contribution in [3.8, 4) is 23.0 Å². The molecule has 1 N–H and O–H groups in total. The Hall–Kier alpha value is -2.45. The van der Waals surface area contributed by atoms with Crippen molar-refractivity contribution < 1.29 is 27.4 Å². The number of fused-ring (bicyclic) bond motifs is 1. The number of hydrogen-bond donors (Lipinski definition) is 1. The summed E-state index contributed by atoms with van der Waals surface area (Å²) >= 11 is 0. The second-order valence-corrected chi connectivity index (χ2v) is 10.1. The maximum absolute atomic E-state index is 12.3. The zero-order valence-corrected chi connectivity index (χ0v) is 19.4. The Morgan fingerprint density at radius 3 is 2.58 bits per heavy atom. The predicted molar refractivity (Wildman–Crippen MR) is 120 cm³/mol. The number of nitrogens with one attached hydrogen (secondary N) is 1. The smallest absolute Gasteiger partial charge is 0.211 e. The number of rotatable bonds is 11. The SMILES string of the molecule is COc1ccc(CCNS(=O)(=O)CCCOc2cccc3c2OC(C)(C)C3)cc1OC. The van der Waals surface area contributed by atoms with Crippen molar-refractivity contribution in [2.45, 2.75) is 38.7 Å². The minimum absolute atomic E-state index is 0.000305. The number of sulfonamides is 1. The van der Waals surface area contributed by atoms with E-state index in [4.69, 9.17) is 18.9 Å². The molecule has 0 unspecified atom stereocenters. The standard InChI is InChI=1S/C23H31NO6S/c1-23(2)16-18-7-5-8-20(22(18)30-23)29-13-6-14-31(25,26)24-12-11-17-9-10-19(27-3)21(15-17)28-4/h5,7-10,15,24H,6,11-14,16H2,1-4H3. The maximum Gasteiger partial charge on any atom is 0.211 e. The van der Waals surface area contributed by atoms with E-state index in [1.54, 1.807) is 14.2 Å². The van der Waals surface area contributed by atoms with Gasteiger partial charge in [0.2, 0.25) is 10.0 Å². The molecule has 0 radical (unpaired) electrons. The van der Waals surface area contributed by atoms with Crippen LogP contribution in [0.3, 0.4) is 0 Å². The Bertz CT molecular complexity index is 1000. The van der Waals surface area contributed by atoms with E-state index in [0.29, 0.717) is 43.2 Å². The molecule has 2 aromatic carbocycles. The van der Waals surface area contributed by atoms with Gasteiger partial charge in [0.05, 0.1) is 26.6 Å². The molecule has 7 nitrogen and oxygen atoms in total. The molecule has 3 rings (SSSR count). The first kappa shape index (κ1) is 23.2. The molecular formula is C23H31NO6S. The molecule has 0 saturated heterocycles. The van der Waals surface area contributed by atoms with E-state index in [1.807, 2.05) is 50.2 Å². The first-order valence-electron chi connectivity index (χ1n) is 10.3. The van der Waals surface area contributed by atoms with Gasteiger partial charge < -0.3 is 18.9 Å². The predicted octanol–water partition coefficient (Wildman–Crippen LogP) is 3.35. The van der Waals surface area contributed by atoms with Crippen LogP contribution in [0.5, 0.6) is 23.0 Å². The lowest BCUT2D eigenvalue weighted by Gasteiger charge is -2.18. The van der Waals surface area contributed by atoms with Gasteiger partial charge in [-0.2, -0.15) is 0 Å². The van der Waals surface area contributed by atoms with Gasteiger partial charge in [-0.25, -0.2) is 13.1 Å². The number of ether oxygens (including phenoxy) is 4. The highest BCUT2D eigenvalue weighted by atomic mass is 32.2. The van der Waals surface area contributed by atoms with E-state index in [0.717, 1.165) is 23.3 Å². The van der Waals surface area contributed by atoms with Gasteiger partial charge in [-0.1, -0.05) is 18.2 Å². The fourth-order valence-corrected chi connectivity index (χ4v) is 4.65. The monoisotopic (exact) mass is 449 g/mol. The summed E-state index contributed by atoms with van der Waals surface area (Å²) in [4.78, 5) is 0. The van der Waals surface area contributed by atoms with Crippen LogP contribution in [0.15, 0.2) is 36.4 Å². The third-order valence-electron chi connectivity index (χ3n) is 5.05. The summed E-state index contributed by atoms with van der Waals surface area (Å²) in [6.07, 6.45) is 1.77. The normalized spacial score (nSPS) is 14.6. The Morgan fingerprint density at radius 2 is 1.84 bits per heavy atom. The topological polar surface area (TPSA) is 83.1 Å². The van der Waals surface area contributed by atoms with Crippen LogP contribution in [-0.2, 0) is 22.9 Å². The van der Waals surface area contributed by atoms with Crippen molar-refractivity contribution in [3.63, 3.8) is 0 Å². The lowest BCUT2D eigenvalue weighted by Crippen LogP contribution is -2.29. The molecule has 8 heteroatoms. The molecule has 0 fully saturated rings. The van der Waals surface area contributed by atoms with Crippen molar-refractivity contribution in [2.24, 2.45) is 0 Å². The zero-order chi connectivity index (χ0) is 22.5. The Labute approximate surface area is 184 Å². The van der Waals surface area contributed by atoms with Gasteiger partial charge in [-0.3, -0.25) is 0 Å². The van der Waals surface area contributed by atoms with E-state index >= 15 is 0 Å². The molecule has 1 heterocycles. The van der Waals surface area contributed by atoms with Gasteiger partial charge in [0.25, 0.3) is 0 Å².